The van der Waals surface area contributed by atoms with Crippen LogP contribution in [0.5, 0.6) is 11.5 Å². The number of hydrogen-bond acceptors (Lipinski definition) is 3. The van der Waals surface area contributed by atoms with Crippen molar-refractivity contribution in [2.45, 2.75) is 26.4 Å². The average molecular weight is 312 g/mol. The van der Waals surface area contributed by atoms with E-state index in [1.807, 2.05) is 37.3 Å². The highest BCUT2D eigenvalue weighted by Gasteiger charge is 2.05. The van der Waals surface area contributed by atoms with Gasteiger partial charge in [-0.15, -0.1) is 0 Å². The van der Waals surface area contributed by atoms with E-state index < -0.39 is 0 Å². The molecule has 0 saturated carbocycles. The minimum Gasteiger partial charge on any atom is -0.497 e. The van der Waals surface area contributed by atoms with Crippen molar-refractivity contribution in [3.8, 4) is 11.5 Å². The predicted molar refractivity (Wildman–Crippen MR) is 94.5 cm³/mol. The quantitative estimate of drug-likeness (QED) is 0.630. The zero-order valence-corrected chi connectivity index (χ0v) is 14.0. The highest BCUT2D eigenvalue weighted by Crippen LogP contribution is 2.19. The van der Waals surface area contributed by atoms with Crippen LogP contribution >= 0.6 is 0 Å². The van der Waals surface area contributed by atoms with E-state index in [0.29, 0.717) is 18.8 Å². The molecule has 0 amide bonds. The summed E-state index contributed by atoms with van der Waals surface area (Å²) in [5.41, 5.74) is 8.42. The lowest BCUT2D eigenvalue weighted by atomic mass is 10.1. The fourth-order valence-electron chi connectivity index (χ4n) is 2.28. The van der Waals surface area contributed by atoms with Crippen LogP contribution in [0.3, 0.4) is 0 Å². The van der Waals surface area contributed by atoms with E-state index in [0.717, 1.165) is 11.5 Å². The minimum absolute atomic E-state index is 0.0573. The molecule has 23 heavy (non-hydrogen) atoms. The van der Waals surface area contributed by atoms with Crippen LogP contribution in [0, 0.1) is 6.92 Å². The third-order valence-electron chi connectivity index (χ3n) is 3.40. The van der Waals surface area contributed by atoms with E-state index in [9.17, 15) is 0 Å². The lowest BCUT2D eigenvalue weighted by molar-refractivity contribution is 0.229. The van der Waals surface area contributed by atoms with Gasteiger partial charge in [-0.1, -0.05) is 35.9 Å². The average Bonchev–Trinajstić information content (AvgIpc) is 2.53. The number of nitrogens with zero attached hydrogens (tertiary/aromatic N) is 1. The molecule has 2 aromatic carbocycles. The summed E-state index contributed by atoms with van der Waals surface area (Å²) in [6.07, 6.45) is 0.603. The Kier molecular flexibility index (Phi) is 6.03. The first kappa shape index (κ1) is 16.9. The number of benzene rings is 2. The maximum Gasteiger partial charge on any atom is 0.123 e. The molecule has 4 nitrogen and oxygen atoms in total. The van der Waals surface area contributed by atoms with E-state index in [4.69, 9.17) is 15.2 Å². The first-order valence-electron chi connectivity index (χ1n) is 7.72. The zero-order valence-electron chi connectivity index (χ0n) is 14.0. The summed E-state index contributed by atoms with van der Waals surface area (Å²) in [4.78, 5) is 4.43. The van der Waals surface area contributed by atoms with Gasteiger partial charge in [0, 0.05) is 12.5 Å². The van der Waals surface area contributed by atoms with Crippen LogP contribution in [0.25, 0.3) is 0 Å². The molecule has 0 unspecified atom stereocenters. The highest BCUT2D eigenvalue weighted by molar-refractivity contribution is 5.82. The van der Waals surface area contributed by atoms with E-state index in [-0.39, 0.29) is 6.10 Å². The van der Waals surface area contributed by atoms with Crippen LogP contribution < -0.4 is 15.2 Å². The number of ether oxygens (including phenoxy) is 2. The Labute approximate surface area is 138 Å². The van der Waals surface area contributed by atoms with Gasteiger partial charge in [0.1, 0.15) is 17.6 Å². The lowest BCUT2D eigenvalue weighted by Gasteiger charge is -2.13. The Balaban J connectivity index is 1.88. The van der Waals surface area contributed by atoms with E-state index in [2.05, 4.69) is 30.1 Å². The van der Waals surface area contributed by atoms with Crippen LogP contribution in [0.1, 0.15) is 18.1 Å². The molecule has 0 radical (unpaired) electrons. The number of rotatable bonds is 7. The summed E-state index contributed by atoms with van der Waals surface area (Å²) in [5, 5.41) is 0. The fourth-order valence-corrected chi connectivity index (χ4v) is 2.28. The van der Waals surface area contributed by atoms with Gasteiger partial charge in [-0.25, -0.2) is 0 Å². The Morgan fingerprint density at radius 1 is 1.13 bits per heavy atom. The Bertz CT molecular complexity index is 668. The van der Waals surface area contributed by atoms with Crippen molar-refractivity contribution < 1.29 is 9.47 Å². The van der Waals surface area contributed by atoms with Crippen molar-refractivity contribution >= 4 is 5.84 Å². The number of amidine groups is 1. The summed E-state index contributed by atoms with van der Waals surface area (Å²) < 4.78 is 11.0. The molecule has 0 spiro atoms. The number of hydrogen-bond donors (Lipinski definition) is 1. The van der Waals surface area contributed by atoms with Crippen molar-refractivity contribution in [1.29, 1.82) is 0 Å². The molecule has 0 aromatic heterocycles. The van der Waals surface area contributed by atoms with E-state index in [1.165, 1.54) is 11.1 Å². The number of nitrogens with two attached hydrogens (primary N) is 1. The molecule has 0 heterocycles. The van der Waals surface area contributed by atoms with Crippen LogP contribution in [0.4, 0.5) is 0 Å². The molecule has 4 heteroatoms. The van der Waals surface area contributed by atoms with Gasteiger partial charge in [0.25, 0.3) is 0 Å². The van der Waals surface area contributed by atoms with Gasteiger partial charge in [-0.2, -0.15) is 0 Å². The van der Waals surface area contributed by atoms with Gasteiger partial charge in [-0.05, 0) is 31.5 Å². The maximum atomic E-state index is 6.02. The third kappa shape index (κ3) is 5.66. The van der Waals surface area contributed by atoms with Gasteiger partial charge in [0.05, 0.1) is 19.5 Å². The monoisotopic (exact) mass is 312 g/mol. The maximum absolute atomic E-state index is 6.02. The van der Waals surface area contributed by atoms with E-state index >= 15 is 0 Å². The zero-order chi connectivity index (χ0) is 16.7. The Morgan fingerprint density at radius 2 is 1.87 bits per heavy atom. The molecule has 0 aliphatic heterocycles. The van der Waals surface area contributed by atoms with Crippen LogP contribution in [-0.2, 0) is 6.42 Å². The first-order chi connectivity index (χ1) is 11.1. The molecule has 0 aliphatic carbocycles. The molecule has 0 aliphatic rings. The molecule has 0 fully saturated rings. The van der Waals surface area contributed by atoms with Crippen molar-refractivity contribution in [3.05, 3.63) is 59.7 Å². The molecule has 122 valence electrons. The molecule has 0 saturated heterocycles. The predicted octanol–water partition coefficient (Wildman–Crippen LogP) is 3.37. The smallest absolute Gasteiger partial charge is 0.123 e. The summed E-state index contributed by atoms with van der Waals surface area (Å²) in [5.74, 6) is 2.16. The molecule has 2 N–H and O–H groups in total. The molecule has 2 aromatic rings. The Hall–Kier alpha value is -2.49. The van der Waals surface area contributed by atoms with Crippen LogP contribution in [0.2, 0.25) is 0 Å². The molecular weight excluding hydrogens is 288 g/mol. The second-order valence-corrected chi connectivity index (χ2v) is 5.61. The number of aryl methyl sites for hydroxylation is 1. The third-order valence-corrected chi connectivity index (χ3v) is 3.40. The second-order valence-electron chi connectivity index (χ2n) is 5.61. The van der Waals surface area contributed by atoms with Crippen molar-refractivity contribution in [3.63, 3.8) is 0 Å². The van der Waals surface area contributed by atoms with Gasteiger partial charge in [0.2, 0.25) is 0 Å². The standard InChI is InChI=1S/C19H24N2O2/c1-14-6-4-7-16(10-14)11-19(20)21-13-15(2)23-18-9-5-8-17(12-18)22-3/h4-10,12,15H,11,13H2,1-3H3,(H2,20,21)/t15-/m1/s1. The minimum atomic E-state index is -0.0573. The SMILES string of the molecule is COc1cccc(O[C@H](C)CN=C(N)Cc2cccc(C)c2)c1. The summed E-state index contributed by atoms with van der Waals surface area (Å²) in [6, 6.07) is 15.8. The molecular formula is C19H24N2O2. The summed E-state index contributed by atoms with van der Waals surface area (Å²) in [7, 11) is 1.64. The van der Waals surface area contributed by atoms with Crippen molar-refractivity contribution in [2.75, 3.05) is 13.7 Å². The molecule has 0 bridgehead atoms. The fraction of sp³-hybridized carbons (Fsp3) is 0.316. The largest absolute Gasteiger partial charge is 0.497 e. The molecule has 2 rings (SSSR count). The second kappa shape index (κ2) is 8.22. The normalized spacial score (nSPS) is 12.7. The first-order valence-corrected chi connectivity index (χ1v) is 7.72. The van der Waals surface area contributed by atoms with Gasteiger partial charge in [0.15, 0.2) is 0 Å². The number of aliphatic imine (C=N–C) groups is 1. The summed E-state index contributed by atoms with van der Waals surface area (Å²) in [6.45, 7) is 4.57. The van der Waals surface area contributed by atoms with E-state index in [1.54, 1.807) is 7.11 Å². The number of methoxy groups -OCH3 is 1. The lowest BCUT2D eigenvalue weighted by Crippen LogP contribution is -2.21. The topological polar surface area (TPSA) is 56.8 Å². The van der Waals surface area contributed by atoms with Gasteiger partial charge >= 0.3 is 0 Å². The van der Waals surface area contributed by atoms with Crippen LogP contribution in [-0.4, -0.2) is 25.6 Å². The Morgan fingerprint density at radius 3 is 2.61 bits per heavy atom. The van der Waals surface area contributed by atoms with Crippen LogP contribution in [0.15, 0.2) is 53.5 Å². The van der Waals surface area contributed by atoms with Gasteiger partial charge < -0.3 is 15.2 Å². The van der Waals surface area contributed by atoms with Gasteiger partial charge in [-0.3, -0.25) is 4.99 Å². The van der Waals surface area contributed by atoms with Crippen molar-refractivity contribution in [2.24, 2.45) is 10.7 Å². The summed E-state index contributed by atoms with van der Waals surface area (Å²) >= 11 is 0. The highest BCUT2D eigenvalue weighted by atomic mass is 16.5. The van der Waals surface area contributed by atoms with Crippen molar-refractivity contribution in [1.82, 2.24) is 0 Å². The molecule has 1 atom stereocenters.